The van der Waals surface area contributed by atoms with E-state index in [1.54, 1.807) is 0 Å². The minimum absolute atomic E-state index is 0.327. The number of hydrogen-bond donors (Lipinski definition) is 0. The molecule has 1 aromatic carbocycles. The first kappa shape index (κ1) is 14.0. The number of Topliss-reactive ketones (excluding diaryl/α,β-unsaturated/α-hetero) is 1. The van der Waals surface area contributed by atoms with Crippen molar-refractivity contribution in [3.05, 3.63) is 35.1 Å². The van der Waals surface area contributed by atoms with Crippen LogP contribution >= 0.6 is 0 Å². The van der Waals surface area contributed by atoms with Crippen molar-refractivity contribution in [1.82, 2.24) is 4.90 Å². The molecule has 1 aliphatic rings. The van der Waals surface area contributed by atoms with Crippen molar-refractivity contribution in [3.63, 3.8) is 0 Å². The molecule has 1 aromatic rings. The van der Waals surface area contributed by atoms with Crippen LogP contribution < -0.4 is 0 Å². The highest BCUT2D eigenvalue weighted by Crippen LogP contribution is 2.19. The van der Waals surface area contributed by atoms with Crippen LogP contribution in [0.5, 0.6) is 0 Å². The highest BCUT2D eigenvalue weighted by Gasteiger charge is 2.30. The Morgan fingerprint density at radius 1 is 1.37 bits per heavy atom. The van der Waals surface area contributed by atoms with Gasteiger partial charge in [0.05, 0.1) is 12.2 Å². The number of ether oxygens (including phenoxy) is 1. The van der Waals surface area contributed by atoms with E-state index in [4.69, 9.17) is 4.74 Å². The molecule has 1 fully saturated rings. The van der Waals surface area contributed by atoms with Gasteiger partial charge in [0.1, 0.15) is 6.10 Å². The molecule has 1 unspecified atom stereocenters. The lowest BCUT2D eigenvalue weighted by molar-refractivity contribution is -0.0151. The molecular formula is C13H14F3NO2. The summed E-state index contributed by atoms with van der Waals surface area (Å²) in [6.07, 6.45) is -0.840. The Morgan fingerprint density at radius 2 is 2.11 bits per heavy atom. The van der Waals surface area contributed by atoms with E-state index in [0.29, 0.717) is 19.7 Å². The number of hydrogen-bond acceptors (Lipinski definition) is 3. The SMILES string of the molecule is CCN1CCOC(C(=O)c2ccc(F)c(F)c2F)C1. The van der Waals surface area contributed by atoms with E-state index in [0.717, 1.165) is 18.7 Å². The molecule has 19 heavy (non-hydrogen) atoms. The number of carbonyl (C=O) groups is 1. The van der Waals surface area contributed by atoms with Crippen molar-refractivity contribution >= 4 is 5.78 Å². The van der Waals surface area contributed by atoms with E-state index >= 15 is 0 Å². The summed E-state index contributed by atoms with van der Waals surface area (Å²) in [7, 11) is 0. The average Bonchev–Trinajstić information content (AvgIpc) is 2.44. The predicted octanol–water partition coefficient (Wildman–Crippen LogP) is 2.01. The maximum atomic E-state index is 13.5. The number of likely N-dealkylation sites (N-methyl/N-ethyl adjacent to an activating group) is 1. The molecule has 104 valence electrons. The predicted molar refractivity (Wildman–Crippen MR) is 62.5 cm³/mol. The van der Waals surface area contributed by atoms with Gasteiger partial charge in [0.15, 0.2) is 23.2 Å². The molecule has 0 aliphatic carbocycles. The fraction of sp³-hybridized carbons (Fsp3) is 0.462. The number of ketones is 1. The van der Waals surface area contributed by atoms with Crippen LogP contribution in [0, 0.1) is 17.5 Å². The van der Waals surface area contributed by atoms with Crippen molar-refractivity contribution in [3.8, 4) is 0 Å². The summed E-state index contributed by atoms with van der Waals surface area (Å²) in [6, 6.07) is 1.69. The molecule has 1 heterocycles. The molecule has 0 saturated carbocycles. The third kappa shape index (κ3) is 2.79. The summed E-state index contributed by atoms with van der Waals surface area (Å²) in [4.78, 5) is 14.0. The monoisotopic (exact) mass is 273 g/mol. The van der Waals surface area contributed by atoms with E-state index in [2.05, 4.69) is 0 Å². The second kappa shape index (κ2) is 5.71. The smallest absolute Gasteiger partial charge is 0.195 e. The Kier molecular flexibility index (Phi) is 4.21. The third-order valence-electron chi connectivity index (χ3n) is 3.19. The summed E-state index contributed by atoms with van der Waals surface area (Å²) >= 11 is 0. The number of benzene rings is 1. The summed E-state index contributed by atoms with van der Waals surface area (Å²) in [5.41, 5.74) is -0.471. The number of morpholine rings is 1. The molecule has 0 spiro atoms. The van der Waals surface area contributed by atoms with E-state index in [-0.39, 0.29) is 0 Å². The Morgan fingerprint density at radius 3 is 2.79 bits per heavy atom. The van der Waals surface area contributed by atoms with Crippen LogP contribution in [0.4, 0.5) is 13.2 Å². The molecule has 1 aliphatic heterocycles. The van der Waals surface area contributed by atoms with Gasteiger partial charge in [-0.15, -0.1) is 0 Å². The van der Waals surface area contributed by atoms with Gasteiger partial charge in [0.25, 0.3) is 0 Å². The van der Waals surface area contributed by atoms with Gasteiger partial charge in [0.2, 0.25) is 0 Å². The van der Waals surface area contributed by atoms with Gasteiger partial charge in [-0.1, -0.05) is 6.92 Å². The summed E-state index contributed by atoms with van der Waals surface area (Å²) in [5.74, 6) is -5.06. The highest BCUT2D eigenvalue weighted by atomic mass is 19.2. The van der Waals surface area contributed by atoms with Gasteiger partial charge >= 0.3 is 0 Å². The van der Waals surface area contributed by atoms with Gasteiger partial charge in [-0.25, -0.2) is 13.2 Å². The second-order valence-electron chi connectivity index (χ2n) is 4.34. The third-order valence-corrected chi connectivity index (χ3v) is 3.19. The lowest BCUT2D eigenvalue weighted by Gasteiger charge is -2.31. The maximum absolute atomic E-state index is 13.5. The summed E-state index contributed by atoms with van der Waals surface area (Å²) < 4.78 is 44.7. The molecule has 1 saturated heterocycles. The van der Waals surface area contributed by atoms with Crippen LogP contribution in [0.3, 0.4) is 0 Å². The van der Waals surface area contributed by atoms with Gasteiger partial charge in [-0.3, -0.25) is 9.69 Å². The zero-order chi connectivity index (χ0) is 14.0. The van der Waals surface area contributed by atoms with Gasteiger partial charge in [0, 0.05) is 13.1 Å². The molecule has 1 atom stereocenters. The Bertz CT molecular complexity index is 493. The fourth-order valence-corrected chi connectivity index (χ4v) is 2.04. The second-order valence-corrected chi connectivity index (χ2v) is 4.34. The summed E-state index contributed by atoms with van der Waals surface area (Å²) in [5, 5.41) is 0. The highest BCUT2D eigenvalue weighted by molar-refractivity contribution is 6.00. The number of halogens is 3. The maximum Gasteiger partial charge on any atom is 0.195 e. The van der Waals surface area contributed by atoms with Crippen LogP contribution in [0.2, 0.25) is 0 Å². The van der Waals surface area contributed by atoms with Crippen LogP contribution in [-0.4, -0.2) is 43.0 Å². The molecule has 0 amide bonds. The van der Waals surface area contributed by atoms with Crippen LogP contribution in [0.25, 0.3) is 0 Å². The first-order chi connectivity index (χ1) is 9.04. The van der Waals surface area contributed by atoms with Crippen LogP contribution in [0.1, 0.15) is 17.3 Å². The molecule has 2 rings (SSSR count). The first-order valence-corrected chi connectivity index (χ1v) is 6.06. The quantitative estimate of drug-likeness (QED) is 0.623. The summed E-state index contributed by atoms with van der Waals surface area (Å²) in [6.45, 7) is 4.06. The van der Waals surface area contributed by atoms with E-state index in [9.17, 15) is 18.0 Å². The lowest BCUT2D eigenvalue weighted by Crippen LogP contribution is -2.46. The standard InChI is InChI=1S/C13H14F3NO2/c1-2-17-5-6-19-10(7-17)13(18)8-3-4-9(14)12(16)11(8)15/h3-4,10H,2,5-7H2,1H3. The fourth-order valence-electron chi connectivity index (χ4n) is 2.04. The first-order valence-electron chi connectivity index (χ1n) is 6.06. The number of carbonyl (C=O) groups excluding carboxylic acids is 1. The topological polar surface area (TPSA) is 29.5 Å². The molecular weight excluding hydrogens is 259 g/mol. The normalized spacial score (nSPS) is 20.5. The Hall–Kier alpha value is -1.40. The molecule has 0 radical (unpaired) electrons. The average molecular weight is 273 g/mol. The van der Waals surface area contributed by atoms with Crippen molar-refractivity contribution < 1.29 is 22.7 Å². The Labute approximate surface area is 109 Å². The van der Waals surface area contributed by atoms with Gasteiger partial charge in [-0.05, 0) is 18.7 Å². The number of rotatable bonds is 3. The van der Waals surface area contributed by atoms with E-state index < -0.39 is 34.9 Å². The molecule has 0 bridgehead atoms. The van der Waals surface area contributed by atoms with E-state index in [1.165, 1.54) is 0 Å². The van der Waals surface area contributed by atoms with Gasteiger partial charge < -0.3 is 4.74 Å². The molecule has 3 nitrogen and oxygen atoms in total. The molecule has 0 aromatic heterocycles. The zero-order valence-electron chi connectivity index (χ0n) is 10.5. The van der Waals surface area contributed by atoms with Crippen LogP contribution in [-0.2, 0) is 4.74 Å². The van der Waals surface area contributed by atoms with Crippen LogP contribution in [0.15, 0.2) is 12.1 Å². The zero-order valence-corrected chi connectivity index (χ0v) is 10.5. The molecule has 6 heteroatoms. The number of nitrogens with zero attached hydrogens (tertiary/aromatic N) is 1. The van der Waals surface area contributed by atoms with E-state index in [1.807, 2.05) is 11.8 Å². The lowest BCUT2D eigenvalue weighted by atomic mass is 10.0. The van der Waals surface area contributed by atoms with Crippen molar-refractivity contribution in [2.45, 2.75) is 13.0 Å². The minimum atomic E-state index is -1.63. The largest absolute Gasteiger partial charge is 0.367 e. The Balaban J connectivity index is 2.22. The minimum Gasteiger partial charge on any atom is -0.367 e. The van der Waals surface area contributed by atoms with Crippen molar-refractivity contribution in [2.75, 3.05) is 26.2 Å². The van der Waals surface area contributed by atoms with Gasteiger partial charge in [-0.2, -0.15) is 0 Å². The molecule has 0 N–H and O–H groups in total. The van der Waals surface area contributed by atoms with Crippen molar-refractivity contribution in [2.24, 2.45) is 0 Å². The van der Waals surface area contributed by atoms with Crippen molar-refractivity contribution in [1.29, 1.82) is 0 Å².